The van der Waals surface area contributed by atoms with E-state index in [1.807, 2.05) is 55.5 Å². The molecule has 9 aromatic rings. The van der Waals surface area contributed by atoms with Crippen LogP contribution in [0.4, 0.5) is 17.1 Å². The van der Waals surface area contributed by atoms with Gasteiger partial charge < -0.3 is 19.5 Å². The predicted octanol–water partition coefficient (Wildman–Crippen LogP) is 20.6. The number of aliphatic hydroxyl groups excluding tert-OH is 1. The molecule has 0 saturated carbocycles. The number of rotatable bonds is 13. The number of nitrogens with zero attached hydrogens (tertiary/aromatic N) is 1. The van der Waals surface area contributed by atoms with Crippen molar-refractivity contribution in [2.75, 3.05) is 11.5 Å². The van der Waals surface area contributed by atoms with E-state index in [1.54, 1.807) is 13.8 Å². The van der Waals surface area contributed by atoms with Gasteiger partial charge in [-0.25, -0.2) is 0 Å². The Morgan fingerprint density at radius 1 is 0.393 bits per heavy atom. The van der Waals surface area contributed by atoms with Gasteiger partial charge in [0, 0.05) is 51.8 Å². The van der Waals surface area contributed by atoms with Crippen LogP contribution < -0.4 is 14.4 Å². The molecular formula is C85H75NO3. The summed E-state index contributed by atoms with van der Waals surface area (Å²) in [7, 11) is 0. The maximum absolute atomic E-state index is 8.33. The third kappa shape index (κ3) is 12.5. The molecular weight excluding hydrogens is 1080 g/mol. The zero-order valence-electron chi connectivity index (χ0n) is 53.0. The lowest BCUT2D eigenvalue weighted by Gasteiger charge is -2.31. The number of anilines is 3. The summed E-state index contributed by atoms with van der Waals surface area (Å²) in [6.07, 6.45) is 19.5. The minimum Gasteiger partial charge on any atom is -0.407 e. The Bertz CT molecular complexity index is 4330. The molecule has 1 unspecified atom stereocenters. The Kier molecular flexibility index (Phi) is 17.4. The Hall–Kier alpha value is -10.2. The van der Waals surface area contributed by atoms with Crippen molar-refractivity contribution >= 4 is 53.5 Å². The summed E-state index contributed by atoms with van der Waals surface area (Å²) < 4.78 is 11.1. The monoisotopic (exact) mass is 1160 g/mol. The van der Waals surface area contributed by atoms with Crippen LogP contribution in [0, 0.1) is 60.6 Å². The van der Waals surface area contributed by atoms with E-state index in [0.717, 1.165) is 45.7 Å². The lowest BCUT2D eigenvalue weighted by Crippen LogP contribution is -2.19. The summed E-state index contributed by atoms with van der Waals surface area (Å²) in [6, 6.07) is 66.8. The van der Waals surface area contributed by atoms with Crippen LogP contribution in [0.2, 0.25) is 0 Å². The smallest absolute Gasteiger partial charge is 0.140 e. The van der Waals surface area contributed by atoms with Crippen LogP contribution >= 0.6 is 0 Å². The molecule has 4 nitrogen and oxygen atoms in total. The van der Waals surface area contributed by atoms with Gasteiger partial charge >= 0.3 is 0 Å². The van der Waals surface area contributed by atoms with Crippen LogP contribution in [0.25, 0.3) is 69.8 Å². The molecule has 1 atom stereocenters. The molecule has 438 valence electrons. The van der Waals surface area contributed by atoms with Crippen molar-refractivity contribution in [2.45, 2.75) is 98.8 Å². The number of fused-ring (bicyclic) bond motifs is 9. The minimum atomic E-state index is -0.268. The van der Waals surface area contributed by atoms with Gasteiger partial charge in [-0.2, -0.15) is 0 Å². The molecule has 12 rings (SSSR count). The molecule has 0 heterocycles. The molecule has 3 aliphatic carbocycles. The zero-order valence-corrected chi connectivity index (χ0v) is 53.0. The summed E-state index contributed by atoms with van der Waals surface area (Å²) in [5.74, 6) is 18.2. The summed E-state index contributed by atoms with van der Waals surface area (Å²) in [4.78, 5) is 2.50. The fourth-order valence-corrected chi connectivity index (χ4v) is 12.4. The third-order valence-electron chi connectivity index (χ3n) is 17.9. The van der Waals surface area contributed by atoms with Crippen molar-refractivity contribution in [1.82, 2.24) is 0 Å². The lowest BCUT2D eigenvalue weighted by atomic mass is 9.81. The van der Waals surface area contributed by atoms with Gasteiger partial charge in [-0.3, -0.25) is 0 Å². The van der Waals surface area contributed by atoms with Gasteiger partial charge in [0.2, 0.25) is 0 Å². The summed E-state index contributed by atoms with van der Waals surface area (Å²) in [5, 5.41) is 8.33. The standard InChI is InChI=1S/C80H63NO2.C5H12O/c1-10-12-14-46-82-64-36-26-56(27-37-64)21-24-59-31-41-67-70-44-34-62(52-76(70)79(6,7)73(67)49-59)81(61-33-43-69-66-40-30-58(23-20-55-18-16-54(3)17-19-55)48-72(66)78(4,5)75(69)51-61)63-35-45-71-68-42-32-60(50-74(68)80(8,9)77(71)53-63)25-22-57-28-38-65(39-29-57)83-47-15-13-11-2;1-3-5(2)4-6/h16-45,48-53H,1-9H3;5-6H,3-4H2,1-2H3/b23-20+,24-21+,25-22+;. The number of ether oxygens (including phenoxy) is 2. The normalized spacial score (nSPS) is 13.9. The van der Waals surface area contributed by atoms with Crippen molar-refractivity contribution in [3.8, 4) is 92.6 Å². The van der Waals surface area contributed by atoms with E-state index >= 15 is 0 Å². The fraction of sp³-hybridized carbons (Fsp3) is 0.200. The Balaban J connectivity index is 0.00000130. The first-order valence-electron chi connectivity index (χ1n) is 30.8. The van der Waals surface area contributed by atoms with Gasteiger partial charge in [-0.1, -0.05) is 237 Å². The molecule has 1 N–H and O–H groups in total. The molecule has 0 saturated heterocycles. The highest BCUT2D eigenvalue weighted by molar-refractivity contribution is 5.92. The number of hydrogen-bond acceptors (Lipinski definition) is 4. The number of aliphatic hydroxyl groups is 1. The molecule has 0 fully saturated rings. The quantitative estimate of drug-likeness (QED) is 0.0923. The van der Waals surface area contributed by atoms with Crippen LogP contribution in [0.3, 0.4) is 0 Å². The predicted molar refractivity (Wildman–Crippen MR) is 375 cm³/mol. The SMILES string of the molecule is CC#CC#COc1ccc(/C=C/c2ccc3c(c2)C(C)(C)c2cc(N(c4ccc5c(c4)C(C)(C)c4cc(/C=C/c6ccc(C)cc6)ccc4-5)c4ccc5c(c4)C(C)(C)c4cc(/C=C/c6ccc(OC#CC#CC)cc6)ccc4-5)ccc2-3)cc1.CCC(C)CO. The van der Waals surface area contributed by atoms with Crippen LogP contribution in [-0.2, 0) is 16.2 Å². The van der Waals surface area contributed by atoms with E-state index in [-0.39, 0.29) is 16.2 Å². The van der Waals surface area contributed by atoms with Crippen molar-refractivity contribution < 1.29 is 14.6 Å². The molecule has 0 amide bonds. The van der Waals surface area contributed by atoms with Gasteiger partial charge in [-0.15, -0.1) is 0 Å². The van der Waals surface area contributed by atoms with Gasteiger partial charge in [0.05, 0.1) is 0 Å². The van der Waals surface area contributed by atoms with Crippen LogP contribution in [0.1, 0.15) is 148 Å². The van der Waals surface area contributed by atoms with E-state index in [4.69, 9.17) is 14.6 Å². The first-order valence-corrected chi connectivity index (χ1v) is 30.8. The molecule has 4 heteroatoms. The highest BCUT2D eigenvalue weighted by atomic mass is 16.5. The first-order chi connectivity index (χ1) is 43.0. The molecule has 0 aliphatic heterocycles. The second kappa shape index (κ2) is 25.6. The zero-order chi connectivity index (χ0) is 62.5. The van der Waals surface area contributed by atoms with E-state index in [9.17, 15) is 0 Å². The molecule has 89 heavy (non-hydrogen) atoms. The molecule has 0 spiro atoms. The van der Waals surface area contributed by atoms with E-state index in [1.165, 1.54) is 83.5 Å². The maximum atomic E-state index is 8.33. The third-order valence-corrected chi connectivity index (χ3v) is 17.9. The summed E-state index contributed by atoms with van der Waals surface area (Å²) in [5.41, 5.74) is 26.3. The van der Waals surface area contributed by atoms with E-state index in [2.05, 4.69) is 278 Å². The second-order valence-corrected chi connectivity index (χ2v) is 25.0. The number of hydrogen-bond donors (Lipinski definition) is 1. The largest absolute Gasteiger partial charge is 0.407 e. The van der Waals surface area contributed by atoms with Crippen molar-refractivity contribution in [3.05, 3.63) is 254 Å². The van der Waals surface area contributed by atoms with Gasteiger partial charge in [0.25, 0.3) is 0 Å². The van der Waals surface area contributed by atoms with Crippen molar-refractivity contribution in [3.63, 3.8) is 0 Å². The average molecular weight is 1160 g/mol. The lowest BCUT2D eigenvalue weighted by molar-refractivity contribution is 0.234. The molecule has 0 radical (unpaired) electrons. The fourth-order valence-electron chi connectivity index (χ4n) is 12.4. The average Bonchev–Trinajstić information content (AvgIpc) is 1.61. The highest BCUT2D eigenvalue weighted by Crippen LogP contribution is 2.55. The molecule has 3 aliphatic rings. The highest BCUT2D eigenvalue weighted by Gasteiger charge is 2.40. The number of aryl methyl sites for hydroxylation is 1. The van der Waals surface area contributed by atoms with Gasteiger partial charge in [0.1, 0.15) is 23.7 Å². The van der Waals surface area contributed by atoms with Gasteiger partial charge in [-0.05, 0) is 199 Å². The van der Waals surface area contributed by atoms with E-state index in [0.29, 0.717) is 24.0 Å². The van der Waals surface area contributed by atoms with Crippen LogP contribution in [0.5, 0.6) is 11.5 Å². The maximum Gasteiger partial charge on any atom is 0.140 e. The molecule has 0 bridgehead atoms. The van der Waals surface area contributed by atoms with Gasteiger partial charge in [0.15, 0.2) is 0 Å². The van der Waals surface area contributed by atoms with Crippen LogP contribution in [0.15, 0.2) is 182 Å². The first kappa shape index (κ1) is 60.5. The Morgan fingerprint density at radius 3 is 0.966 bits per heavy atom. The Morgan fingerprint density at radius 2 is 0.674 bits per heavy atom. The minimum absolute atomic E-state index is 0.241. The van der Waals surface area contributed by atoms with Crippen LogP contribution in [-0.4, -0.2) is 11.7 Å². The summed E-state index contributed by atoms with van der Waals surface area (Å²) >= 11 is 0. The van der Waals surface area contributed by atoms with E-state index < -0.39 is 0 Å². The summed E-state index contributed by atoms with van der Waals surface area (Å²) in [6.45, 7) is 24.3. The molecule has 0 aromatic heterocycles. The number of benzene rings is 9. The van der Waals surface area contributed by atoms with Crippen molar-refractivity contribution in [1.29, 1.82) is 0 Å². The van der Waals surface area contributed by atoms with Crippen molar-refractivity contribution in [2.24, 2.45) is 5.92 Å². The second-order valence-electron chi connectivity index (χ2n) is 25.0. The molecule has 9 aromatic carbocycles. The topological polar surface area (TPSA) is 41.9 Å². The Labute approximate surface area is 528 Å².